The van der Waals surface area contributed by atoms with Crippen LogP contribution in [0.3, 0.4) is 0 Å². The Labute approximate surface area is 95.0 Å². The number of likely N-dealkylation sites (N-methyl/N-ethyl adjacent to an activating group) is 1. The molecular weight excluding hydrogens is 238 g/mol. The van der Waals surface area contributed by atoms with Gasteiger partial charge >= 0.3 is 0 Å². The topological polar surface area (TPSA) is 12.0 Å². The molecule has 78 valence electrons. The fourth-order valence-electron chi connectivity index (χ4n) is 1.51. The highest BCUT2D eigenvalue weighted by Gasteiger charge is 2.15. The number of aryl methyl sites for hydroxylation is 1. The van der Waals surface area contributed by atoms with Crippen molar-refractivity contribution in [2.24, 2.45) is 0 Å². The zero-order valence-corrected chi connectivity index (χ0v) is 10.9. The van der Waals surface area contributed by atoms with Gasteiger partial charge in [-0.05, 0) is 57.5 Å². The van der Waals surface area contributed by atoms with E-state index in [0.29, 0.717) is 0 Å². The van der Waals surface area contributed by atoms with Crippen LogP contribution in [-0.4, -0.2) is 12.6 Å². The van der Waals surface area contributed by atoms with Crippen molar-refractivity contribution >= 4 is 15.9 Å². The molecule has 0 atom stereocenters. The molecule has 1 nitrogen and oxygen atoms in total. The van der Waals surface area contributed by atoms with Crippen LogP contribution >= 0.6 is 15.9 Å². The summed E-state index contributed by atoms with van der Waals surface area (Å²) >= 11 is 3.52. The lowest BCUT2D eigenvalue weighted by molar-refractivity contribution is 0.422. The van der Waals surface area contributed by atoms with E-state index in [2.05, 4.69) is 60.2 Å². The molecule has 0 fully saturated rings. The van der Waals surface area contributed by atoms with Crippen molar-refractivity contribution < 1.29 is 0 Å². The molecule has 1 N–H and O–H groups in total. The molecule has 2 heteroatoms. The van der Waals surface area contributed by atoms with Gasteiger partial charge in [0.2, 0.25) is 0 Å². The highest BCUT2D eigenvalue weighted by atomic mass is 79.9. The van der Waals surface area contributed by atoms with Crippen molar-refractivity contribution in [2.75, 3.05) is 7.05 Å². The van der Waals surface area contributed by atoms with Gasteiger partial charge in [0.25, 0.3) is 0 Å². The first kappa shape index (κ1) is 11.7. The lowest BCUT2D eigenvalue weighted by Gasteiger charge is -2.24. The minimum absolute atomic E-state index is 0.160. The summed E-state index contributed by atoms with van der Waals surface area (Å²) < 4.78 is 1.17. The van der Waals surface area contributed by atoms with Gasteiger partial charge in [-0.25, -0.2) is 0 Å². The Morgan fingerprint density at radius 3 is 2.43 bits per heavy atom. The minimum Gasteiger partial charge on any atom is -0.314 e. The molecule has 1 rings (SSSR count). The fourth-order valence-corrected chi connectivity index (χ4v) is 2.17. The van der Waals surface area contributed by atoms with E-state index in [9.17, 15) is 0 Å². The van der Waals surface area contributed by atoms with Crippen LogP contribution in [0.25, 0.3) is 0 Å². The third kappa shape index (κ3) is 3.43. The van der Waals surface area contributed by atoms with Crippen LogP contribution in [0.4, 0.5) is 0 Å². The summed E-state index contributed by atoms with van der Waals surface area (Å²) in [4.78, 5) is 0. The molecule has 0 aromatic heterocycles. The van der Waals surface area contributed by atoms with Gasteiger partial charge in [0.1, 0.15) is 0 Å². The van der Waals surface area contributed by atoms with Crippen LogP contribution in [-0.2, 0) is 6.42 Å². The number of hydrogen-bond acceptors (Lipinski definition) is 1. The fraction of sp³-hybridized carbons (Fsp3) is 0.500. The average Bonchev–Trinajstić information content (AvgIpc) is 2.01. The van der Waals surface area contributed by atoms with E-state index >= 15 is 0 Å². The maximum absolute atomic E-state index is 3.52. The molecule has 0 amide bonds. The zero-order chi connectivity index (χ0) is 10.8. The molecule has 0 aliphatic heterocycles. The monoisotopic (exact) mass is 255 g/mol. The summed E-state index contributed by atoms with van der Waals surface area (Å²) in [6.07, 6.45) is 1.05. The summed E-state index contributed by atoms with van der Waals surface area (Å²) in [7, 11) is 2.00. The van der Waals surface area contributed by atoms with Crippen LogP contribution < -0.4 is 5.32 Å². The maximum Gasteiger partial charge on any atom is 0.0180 e. The normalized spacial score (nSPS) is 11.8. The lowest BCUT2D eigenvalue weighted by atomic mass is 9.94. The Kier molecular flexibility index (Phi) is 3.73. The quantitative estimate of drug-likeness (QED) is 0.875. The Balaban J connectivity index is 2.87. The highest BCUT2D eigenvalue weighted by Crippen LogP contribution is 2.19. The molecule has 0 unspecified atom stereocenters. The number of hydrogen-bond donors (Lipinski definition) is 1. The van der Waals surface area contributed by atoms with Gasteiger partial charge in [-0.3, -0.25) is 0 Å². The Hall–Kier alpha value is -0.340. The van der Waals surface area contributed by atoms with E-state index in [-0.39, 0.29) is 5.54 Å². The molecule has 1 aromatic carbocycles. The lowest BCUT2D eigenvalue weighted by Crippen LogP contribution is -2.38. The minimum atomic E-state index is 0.160. The van der Waals surface area contributed by atoms with Gasteiger partial charge in [0, 0.05) is 10.0 Å². The van der Waals surface area contributed by atoms with E-state index < -0.39 is 0 Å². The maximum atomic E-state index is 3.52. The van der Waals surface area contributed by atoms with Gasteiger partial charge in [-0.15, -0.1) is 0 Å². The van der Waals surface area contributed by atoms with Crippen LogP contribution in [0.2, 0.25) is 0 Å². The molecule has 0 spiro atoms. The standard InChI is InChI=1S/C12H18BrN/c1-9-5-10(7-11(13)6-9)8-12(2,3)14-4/h5-7,14H,8H2,1-4H3. The van der Waals surface area contributed by atoms with Gasteiger partial charge in [-0.1, -0.05) is 22.0 Å². The van der Waals surface area contributed by atoms with E-state index in [1.54, 1.807) is 0 Å². The molecular formula is C12H18BrN. The predicted molar refractivity (Wildman–Crippen MR) is 65.7 cm³/mol. The predicted octanol–water partition coefficient (Wildman–Crippen LogP) is 3.30. The second kappa shape index (κ2) is 4.45. The second-order valence-electron chi connectivity index (χ2n) is 4.45. The largest absolute Gasteiger partial charge is 0.314 e. The van der Waals surface area contributed by atoms with Crippen molar-refractivity contribution in [3.63, 3.8) is 0 Å². The molecule has 0 saturated carbocycles. The molecule has 1 aromatic rings. The summed E-state index contributed by atoms with van der Waals surface area (Å²) in [5.74, 6) is 0. The first-order valence-electron chi connectivity index (χ1n) is 4.88. The van der Waals surface area contributed by atoms with E-state index in [4.69, 9.17) is 0 Å². The van der Waals surface area contributed by atoms with Crippen LogP contribution in [0.15, 0.2) is 22.7 Å². The molecule has 0 saturated heterocycles. The van der Waals surface area contributed by atoms with Crippen molar-refractivity contribution in [1.82, 2.24) is 5.32 Å². The zero-order valence-electron chi connectivity index (χ0n) is 9.32. The van der Waals surface area contributed by atoms with Crippen LogP contribution in [0, 0.1) is 6.92 Å². The van der Waals surface area contributed by atoms with Crippen LogP contribution in [0.5, 0.6) is 0 Å². The summed E-state index contributed by atoms with van der Waals surface area (Å²) in [5.41, 5.74) is 2.84. The Bertz CT molecular complexity index is 298. The number of rotatable bonds is 3. The van der Waals surface area contributed by atoms with Crippen LogP contribution in [0.1, 0.15) is 25.0 Å². The van der Waals surface area contributed by atoms with Gasteiger partial charge in [-0.2, -0.15) is 0 Å². The van der Waals surface area contributed by atoms with Crippen molar-refractivity contribution in [2.45, 2.75) is 32.7 Å². The van der Waals surface area contributed by atoms with E-state index in [1.807, 2.05) is 7.05 Å². The second-order valence-corrected chi connectivity index (χ2v) is 5.36. The Morgan fingerprint density at radius 2 is 1.93 bits per heavy atom. The number of nitrogens with one attached hydrogen (secondary N) is 1. The first-order chi connectivity index (χ1) is 6.43. The van der Waals surface area contributed by atoms with Gasteiger partial charge < -0.3 is 5.32 Å². The molecule has 0 aliphatic rings. The summed E-state index contributed by atoms with van der Waals surface area (Å²) in [6.45, 7) is 6.55. The first-order valence-corrected chi connectivity index (χ1v) is 5.67. The highest BCUT2D eigenvalue weighted by molar-refractivity contribution is 9.10. The third-order valence-electron chi connectivity index (χ3n) is 2.42. The number of benzene rings is 1. The summed E-state index contributed by atoms with van der Waals surface area (Å²) in [5, 5.41) is 3.31. The van der Waals surface area contributed by atoms with E-state index in [0.717, 1.165) is 6.42 Å². The average molecular weight is 256 g/mol. The van der Waals surface area contributed by atoms with Gasteiger partial charge in [0.05, 0.1) is 0 Å². The summed E-state index contributed by atoms with van der Waals surface area (Å²) in [6, 6.07) is 6.56. The van der Waals surface area contributed by atoms with E-state index in [1.165, 1.54) is 15.6 Å². The Morgan fingerprint density at radius 1 is 1.29 bits per heavy atom. The molecule has 0 aliphatic carbocycles. The third-order valence-corrected chi connectivity index (χ3v) is 2.88. The molecule has 0 radical (unpaired) electrons. The van der Waals surface area contributed by atoms with Crippen molar-refractivity contribution in [1.29, 1.82) is 0 Å². The smallest absolute Gasteiger partial charge is 0.0180 e. The SMILES string of the molecule is CNC(C)(C)Cc1cc(C)cc(Br)c1. The molecule has 14 heavy (non-hydrogen) atoms. The van der Waals surface area contributed by atoms with Crippen molar-refractivity contribution in [3.05, 3.63) is 33.8 Å². The number of halogens is 1. The van der Waals surface area contributed by atoms with Gasteiger partial charge in [0.15, 0.2) is 0 Å². The molecule has 0 heterocycles. The molecule has 0 bridgehead atoms. The van der Waals surface area contributed by atoms with Crippen molar-refractivity contribution in [3.8, 4) is 0 Å².